The van der Waals surface area contributed by atoms with Gasteiger partial charge in [0.05, 0.1) is 0 Å². The van der Waals surface area contributed by atoms with E-state index in [2.05, 4.69) is 15.9 Å². The molecule has 2 nitrogen and oxygen atoms in total. The van der Waals surface area contributed by atoms with Crippen LogP contribution in [-0.2, 0) is 4.79 Å². The molecule has 0 aromatic heterocycles. The van der Waals surface area contributed by atoms with Gasteiger partial charge in [-0.1, -0.05) is 22.9 Å². The third-order valence-corrected chi connectivity index (χ3v) is 1.81. The Kier molecular flexibility index (Phi) is 5.93. The Morgan fingerprint density at radius 2 is 2.30 bits per heavy atom. The molecule has 3 heteroatoms. The van der Waals surface area contributed by atoms with Crippen molar-refractivity contribution in [2.45, 2.75) is 19.8 Å². The zero-order chi connectivity index (χ0) is 7.98. The van der Waals surface area contributed by atoms with Crippen LogP contribution < -0.4 is 0 Å². The van der Waals surface area contributed by atoms with Gasteiger partial charge in [0.2, 0.25) is 0 Å². The number of halogens is 1. The molecule has 0 saturated heterocycles. The lowest BCUT2D eigenvalue weighted by atomic mass is 10.0. The summed E-state index contributed by atoms with van der Waals surface area (Å²) in [6.45, 7) is 1.70. The normalized spacial score (nSPS) is 13.1. The van der Waals surface area contributed by atoms with Gasteiger partial charge in [0.25, 0.3) is 0 Å². The van der Waals surface area contributed by atoms with Crippen LogP contribution in [0.25, 0.3) is 0 Å². The van der Waals surface area contributed by atoms with E-state index < -0.39 is 0 Å². The van der Waals surface area contributed by atoms with Crippen LogP contribution in [-0.4, -0.2) is 22.8 Å². The lowest BCUT2D eigenvalue weighted by Gasteiger charge is -2.05. The molecule has 0 aliphatic rings. The molecular weight excluding hydrogens is 196 g/mol. The molecule has 10 heavy (non-hydrogen) atoms. The Hall–Kier alpha value is 0.110. The standard InChI is InChI=1S/C7H13BrO2/c1-6(2-3-8)4-7(10)5-9/h6,9H,2-5H2,1H3. The Bertz CT molecular complexity index is 104. The van der Waals surface area contributed by atoms with E-state index in [4.69, 9.17) is 5.11 Å². The van der Waals surface area contributed by atoms with Crippen molar-refractivity contribution >= 4 is 21.7 Å². The Morgan fingerprint density at radius 3 is 2.70 bits per heavy atom. The van der Waals surface area contributed by atoms with Crippen LogP contribution in [0.1, 0.15) is 19.8 Å². The van der Waals surface area contributed by atoms with Crippen LogP contribution in [0.2, 0.25) is 0 Å². The van der Waals surface area contributed by atoms with Crippen LogP contribution in [0.4, 0.5) is 0 Å². The third-order valence-electron chi connectivity index (χ3n) is 1.35. The van der Waals surface area contributed by atoms with E-state index in [-0.39, 0.29) is 12.4 Å². The van der Waals surface area contributed by atoms with Gasteiger partial charge in [-0.25, -0.2) is 0 Å². The van der Waals surface area contributed by atoms with E-state index in [0.717, 1.165) is 11.8 Å². The largest absolute Gasteiger partial charge is 0.389 e. The van der Waals surface area contributed by atoms with E-state index in [9.17, 15) is 4.79 Å². The second-order valence-electron chi connectivity index (χ2n) is 2.48. The van der Waals surface area contributed by atoms with Gasteiger partial charge in [-0.05, 0) is 12.3 Å². The molecule has 1 atom stereocenters. The molecule has 0 aliphatic carbocycles. The number of Topliss-reactive ketones (excluding diaryl/α,β-unsaturated/α-hetero) is 1. The van der Waals surface area contributed by atoms with Crippen molar-refractivity contribution in [1.82, 2.24) is 0 Å². The first kappa shape index (κ1) is 10.1. The van der Waals surface area contributed by atoms with Gasteiger partial charge < -0.3 is 5.11 Å². The molecule has 1 N–H and O–H groups in total. The molecule has 0 rings (SSSR count). The molecule has 0 fully saturated rings. The highest BCUT2D eigenvalue weighted by Gasteiger charge is 2.06. The molecule has 0 bridgehead atoms. The summed E-state index contributed by atoms with van der Waals surface area (Å²) < 4.78 is 0. The number of hydrogen-bond acceptors (Lipinski definition) is 2. The van der Waals surface area contributed by atoms with Gasteiger partial charge >= 0.3 is 0 Å². The number of carbonyl (C=O) groups excluding carboxylic acids is 1. The van der Waals surface area contributed by atoms with Gasteiger partial charge in [-0.3, -0.25) is 4.79 Å². The Morgan fingerprint density at radius 1 is 1.70 bits per heavy atom. The molecule has 0 heterocycles. The zero-order valence-corrected chi connectivity index (χ0v) is 7.73. The molecule has 60 valence electrons. The fraction of sp³-hybridized carbons (Fsp3) is 0.857. The number of aliphatic hydroxyl groups is 1. The third kappa shape index (κ3) is 4.94. The lowest BCUT2D eigenvalue weighted by molar-refractivity contribution is -0.122. The van der Waals surface area contributed by atoms with Crippen molar-refractivity contribution in [3.63, 3.8) is 0 Å². The summed E-state index contributed by atoms with van der Waals surface area (Å²) in [5, 5.41) is 9.31. The van der Waals surface area contributed by atoms with E-state index >= 15 is 0 Å². The molecule has 0 amide bonds. The van der Waals surface area contributed by atoms with Crippen LogP contribution in [0.3, 0.4) is 0 Å². The number of hydrogen-bond donors (Lipinski definition) is 1. The molecule has 0 aromatic carbocycles. The predicted octanol–water partition coefficient (Wildman–Crippen LogP) is 1.36. The summed E-state index contributed by atoms with van der Waals surface area (Å²) >= 11 is 3.29. The Balaban J connectivity index is 3.37. The first-order valence-electron chi connectivity index (χ1n) is 3.39. The van der Waals surface area contributed by atoms with Crippen LogP contribution in [0.15, 0.2) is 0 Å². The predicted molar refractivity (Wildman–Crippen MR) is 44.3 cm³/mol. The topological polar surface area (TPSA) is 37.3 Å². The van der Waals surface area contributed by atoms with E-state index in [1.807, 2.05) is 6.92 Å². The second-order valence-corrected chi connectivity index (χ2v) is 3.28. The fourth-order valence-electron chi connectivity index (χ4n) is 0.742. The fourth-order valence-corrected chi connectivity index (χ4v) is 1.52. The molecular formula is C7H13BrO2. The SMILES string of the molecule is CC(CCBr)CC(=O)CO. The molecule has 0 saturated carbocycles. The maximum atomic E-state index is 10.6. The highest BCUT2D eigenvalue weighted by molar-refractivity contribution is 9.09. The van der Waals surface area contributed by atoms with Gasteiger partial charge in [-0.2, -0.15) is 0 Å². The van der Waals surface area contributed by atoms with Crippen molar-refractivity contribution in [2.75, 3.05) is 11.9 Å². The zero-order valence-electron chi connectivity index (χ0n) is 6.14. The molecule has 0 aromatic rings. The molecule has 0 spiro atoms. The van der Waals surface area contributed by atoms with Crippen LogP contribution in [0, 0.1) is 5.92 Å². The maximum absolute atomic E-state index is 10.6. The summed E-state index contributed by atoms with van der Waals surface area (Å²) in [5.41, 5.74) is 0. The molecule has 0 radical (unpaired) electrons. The number of alkyl halides is 1. The minimum Gasteiger partial charge on any atom is -0.389 e. The van der Waals surface area contributed by atoms with Crippen LogP contribution in [0.5, 0.6) is 0 Å². The average Bonchev–Trinajstić information content (AvgIpc) is 1.88. The number of rotatable bonds is 5. The van der Waals surface area contributed by atoms with Gasteiger partial charge in [0.1, 0.15) is 6.61 Å². The molecule has 0 aliphatic heterocycles. The van der Waals surface area contributed by atoms with Gasteiger partial charge in [0, 0.05) is 11.8 Å². The van der Waals surface area contributed by atoms with Crippen LogP contribution >= 0.6 is 15.9 Å². The lowest BCUT2D eigenvalue weighted by Crippen LogP contribution is -2.09. The Labute approximate surface area is 69.8 Å². The number of carbonyl (C=O) groups is 1. The summed E-state index contributed by atoms with van der Waals surface area (Å²) in [5.74, 6) is 0.326. The van der Waals surface area contributed by atoms with Crippen molar-refractivity contribution in [3.8, 4) is 0 Å². The first-order chi connectivity index (χ1) is 4.70. The van der Waals surface area contributed by atoms with E-state index in [1.54, 1.807) is 0 Å². The monoisotopic (exact) mass is 208 g/mol. The van der Waals surface area contributed by atoms with Crippen molar-refractivity contribution in [2.24, 2.45) is 5.92 Å². The summed E-state index contributed by atoms with van der Waals surface area (Å²) in [6.07, 6.45) is 1.49. The van der Waals surface area contributed by atoms with Crippen molar-refractivity contribution in [3.05, 3.63) is 0 Å². The smallest absolute Gasteiger partial charge is 0.158 e. The quantitative estimate of drug-likeness (QED) is 0.694. The van der Waals surface area contributed by atoms with Gasteiger partial charge in [-0.15, -0.1) is 0 Å². The summed E-state index contributed by atoms with van der Waals surface area (Å²) in [6, 6.07) is 0. The number of ketones is 1. The number of aliphatic hydroxyl groups excluding tert-OH is 1. The van der Waals surface area contributed by atoms with E-state index in [0.29, 0.717) is 12.3 Å². The average molecular weight is 209 g/mol. The molecule has 1 unspecified atom stereocenters. The van der Waals surface area contributed by atoms with E-state index in [1.165, 1.54) is 0 Å². The maximum Gasteiger partial charge on any atom is 0.158 e. The minimum atomic E-state index is -0.313. The summed E-state index contributed by atoms with van der Waals surface area (Å²) in [4.78, 5) is 10.6. The summed E-state index contributed by atoms with van der Waals surface area (Å²) in [7, 11) is 0. The first-order valence-corrected chi connectivity index (χ1v) is 4.51. The van der Waals surface area contributed by atoms with Gasteiger partial charge in [0.15, 0.2) is 5.78 Å². The minimum absolute atomic E-state index is 0.0616. The van der Waals surface area contributed by atoms with Crippen molar-refractivity contribution < 1.29 is 9.90 Å². The second kappa shape index (κ2) is 5.86. The van der Waals surface area contributed by atoms with Crippen molar-refractivity contribution in [1.29, 1.82) is 0 Å². The highest BCUT2D eigenvalue weighted by atomic mass is 79.9. The highest BCUT2D eigenvalue weighted by Crippen LogP contribution is 2.08.